The Morgan fingerprint density at radius 2 is 2.00 bits per heavy atom. The first kappa shape index (κ1) is 10.3. The summed E-state index contributed by atoms with van der Waals surface area (Å²) in [5, 5.41) is 0. The maximum absolute atomic E-state index is 5.66. The zero-order valence-corrected chi connectivity index (χ0v) is 8.08. The summed E-state index contributed by atoms with van der Waals surface area (Å²) in [6.45, 7) is 4.36. The molecule has 2 heteroatoms. The van der Waals surface area contributed by atoms with Crippen molar-refractivity contribution in [1.82, 2.24) is 0 Å². The van der Waals surface area contributed by atoms with Crippen molar-refractivity contribution < 1.29 is 0 Å². The van der Waals surface area contributed by atoms with Gasteiger partial charge in [-0.15, -0.1) is 0 Å². The lowest BCUT2D eigenvalue weighted by molar-refractivity contribution is 0.472. The molecule has 62 valence electrons. The second-order valence-electron chi connectivity index (χ2n) is 3.10. The van der Waals surface area contributed by atoms with Gasteiger partial charge in [0.25, 0.3) is 0 Å². The molecule has 0 fully saturated rings. The van der Waals surface area contributed by atoms with Gasteiger partial charge in [0.1, 0.15) is 0 Å². The molecule has 0 bridgehead atoms. The smallest absolute Gasteiger partial charge is 0.00130 e. The number of nitrogens with two attached hydrogens (primary N) is 1. The van der Waals surface area contributed by atoms with Crippen LogP contribution in [0.3, 0.4) is 0 Å². The fraction of sp³-hybridized carbons (Fsp3) is 1.00. The van der Waals surface area contributed by atoms with E-state index in [0.717, 1.165) is 5.92 Å². The molecule has 0 amide bonds. The quantitative estimate of drug-likeness (QED) is 0.668. The van der Waals surface area contributed by atoms with Gasteiger partial charge >= 0.3 is 0 Å². The summed E-state index contributed by atoms with van der Waals surface area (Å²) >= 11 is 1.92. The van der Waals surface area contributed by atoms with Crippen LogP contribution in [0.1, 0.15) is 26.7 Å². The Morgan fingerprint density at radius 3 is 2.40 bits per heavy atom. The maximum Gasteiger partial charge on any atom is 0.00130 e. The summed E-state index contributed by atoms with van der Waals surface area (Å²) in [4.78, 5) is 0. The van der Waals surface area contributed by atoms with Gasteiger partial charge in [0.2, 0.25) is 0 Å². The predicted molar refractivity (Wildman–Crippen MR) is 50.4 cm³/mol. The molecule has 2 unspecified atom stereocenters. The molecule has 0 radical (unpaired) electrons. The van der Waals surface area contributed by atoms with E-state index >= 15 is 0 Å². The highest BCUT2D eigenvalue weighted by Gasteiger charge is 2.03. The van der Waals surface area contributed by atoms with Crippen molar-refractivity contribution in [3.8, 4) is 0 Å². The third kappa shape index (κ3) is 6.43. The fourth-order valence-electron chi connectivity index (χ4n) is 1.07. The topological polar surface area (TPSA) is 26.0 Å². The Morgan fingerprint density at radius 1 is 1.40 bits per heavy atom. The minimum atomic E-state index is 0.372. The standard InChI is InChI=1S/C8H19NS/c1-7(4-5-10-3)6-8(2)9/h7-8H,4-6,9H2,1-3H3. The predicted octanol–water partition coefficient (Wildman–Crippen LogP) is 2.11. The van der Waals surface area contributed by atoms with Gasteiger partial charge in [-0.25, -0.2) is 0 Å². The van der Waals surface area contributed by atoms with Crippen LogP contribution in [0, 0.1) is 5.92 Å². The van der Waals surface area contributed by atoms with E-state index in [4.69, 9.17) is 5.73 Å². The van der Waals surface area contributed by atoms with Crippen molar-refractivity contribution >= 4 is 11.8 Å². The zero-order chi connectivity index (χ0) is 7.98. The number of thioether (sulfide) groups is 1. The van der Waals surface area contributed by atoms with Crippen LogP contribution in [0.5, 0.6) is 0 Å². The molecule has 0 saturated heterocycles. The summed E-state index contributed by atoms with van der Waals surface area (Å²) in [5.74, 6) is 2.07. The molecule has 2 N–H and O–H groups in total. The van der Waals surface area contributed by atoms with E-state index in [1.165, 1.54) is 18.6 Å². The van der Waals surface area contributed by atoms with Crippen LogP contribution in [-0.4, -0.2) is 18.1 Å². The van der Waals surface area contributed by atoms with Crippen molar-refractivity contribution in [2.45, 2.75) is 32.7 Å². The summed E-state index contributed by atoms with van der Waals surface area (Å²) in [7, 11) is 0. The van der Waals surface area contributed by atoms with E-state index in [0.29, 0.717) is 6.04 Å². The van der Waals surface area contributed by atoms with E-state index in [2.05, 4.69) is 20.1 Å². The third-order valence-electron chi connectivity index (χ3n) is 1.59. The van der Waals surface area contributed by atoms with Gasteiger partial charge < -0.3 is 5.73 Å². The van der Waals surface area contributed by atoms with Gasteiger partial charge in [-0.1, -0.05) is 6.92 Å². The molecule has 0 rings (SSSR count). The van der Waals surface area contributed by atoms with E-state index < -0.39 is 0 Å². The summed E-state index contributed by atoms with van der Waals surface area (Å²) in [6, 6.07) is 0.372. The molecular formula is C8H19NS. The van der Waals surface area contributed by atoms with Crippen LogP contribution >= 0.6 is 11.8 Å². The number of hydrogen-bond donors (Lipinski definition) is 1. The number of rotatable bonds is 5. The highest BCUT2D eigenvalue weighted by Crippen LogP contribution is 2.11. The lowest BCUT2D eigenvalue weighted by Crippen LogP contribution is -2.18. The van der Waals surface area contributed by atoms with Crippen LogP contribution in [0.25, 0.3) is 0 Å². The van der Waals surface area contributed by atoms with Gasteiger partial charge in [-0.3, -0.25) is 0 Å². The minimum Gasteiger partial charge on any atom is -0.328 e. The highest BCUT2D eigenvalue weighted by atomic mass is 32.2. The molecule has 0 spiro atoms. The lowest BCUT2D eigenvalue weighted by Gasteiger charge is -2.12. The minimum absolute atomic E-state index is 0.372. The van der Waals surface area contributed by atoms with Gasteiger partial charge in [0.05, 0.1) is 0 Å². The van der Waals surface area contributed by atoms with Crippen LogP contribution in [0.4, 0.5) is 0 Å². The first-order valence-electron chi connectivity index (χ1n) is 3.91. The van der Waals surface area contributed by atoms with Crippen LogP contribution in [0.2, 0.25) is 0 Å². The summed E-state index contributed by atoms with van der Waals surface area (Å²) in [6.07, 6.45) is 4.63. The average Bonchev–Trinajstić information content (AvgIpc) is 1.82. The second kappa shape index (κ2) is 6.05. The molecule has 10 heavy (non-hydrogen) atoms. The molecule has 0 aliphatic carbocycles. The normalized spacial score (nSPS) is 16.8. The molecule has 0 saturated carbocycles. The molecule has 0 aromatic carbocycles. The monoisotopic (exact) mass is 161 g/mol. The van der Waals surface area contributed by atoms with Gasteiger partial charge in [0, 0.05) is 6.04 Å². The molecule has 0 aromatic heterocycles. The Bertz CT molecular complexity index is 73.7. The van der Waals surface area contributed by atoms with E-state index in [9.17, 15) is 0 Å². The molecule has 1 nitrogen and oxygen atoms in total. The van der Waals surface area contributed by atoms with Gasteiger partial charge in [0.15, 0.2) is 0 Å². The van der Waals surface area contributed by atoms with Gasteiger partial charge in [-0.05, 0) is 37.7 Å². The third-order valence-corrected chi connectivity index (χ3v) is 2.23. The Labute approximate surface area is 68.8 Å². The van der Waals surface area contributed by atoms with Crippen molar-refractivity contribution in [1.29, 1.82) is 0 Å². The zero-order valence-electron chi connectivity index (χ0n) is 7.26. The Hall–Kier alpha value is 0.310. The molecule has 0 aromatic rings. The van der Waals surface area contributed by atoms with Crippen molar-refractivity contribution in [2.24, 2.45) is 11.7 Å². The molecule has 0 aliphatic heterocycles. The van der Waals surface area contributed by atoms with Crippen molar-refractivity contribution in [2.75, 3.05) is 12.0 Å². The largest absolute Gasteiger partial charge is 0.328 e. The first-order valence-corrected chi connectivity index (χ1v) is 5.30. The average molecular weight is 161 g/mol. The van der Waals surface area contributed by atoms with Crippen LogP contribution in [-0.2, 0) is 0 Å². The highest BCUT2D eigenvalue weighted by molar-refractivity contribution is 7.98. The number of hydrogen-bond acceptors (Lipinski definition) is 2. The SMILES string of the molecule is CSCCC(C)CC(C)N. The Kier molecular flexibility index (Phi) is 6.24. The van der Waals surface area contributed by atoms with E-state index in [-0.39, 0.29) is 0 Å². The fourth-order valence-corrected chi connectivity index (χ4v) is 1.71. The Balaban J connectivity index is 3.16. The molecular weight excluding hydrogens is 142 g/mol. The van der Waals surface area contributed by atoms with Gasteiger partial charge in [-0.2, -0.15) is 11.8 Å². The van der Waals surface area contributed by atoms with Crippen LogP contribution in [0.15, 0.2) is 0 Å². The second-order valence-corrected chi connectivity index (χ2v) is 4.09. The lowest BCUT2D eigenvalue weighted by atomic mass is 10.0. The van der Waals surface area contributed by atoms with Crippen molar-refractivity contribution in [3.05, 3.63) is 0 Å². The van der Waals surface area contributed by atoms with Crippen LogP contribution < -0.4 is 5.73 Å². The molecule has 0 aliphatic rings. The summed E-state index contributed by atoms with van der Waals surface area (Å²) in [5.41, 5.74) is 5.66. The first-order chi connectivity index (χ1) is 4.66. The van der Waals surface area contributed by atoms with Crippen molar-refractivity contribution in [3.63, 3.8) is 0 Å². The summed E-state index contributed by atoms with van der Waals surface area (Å²) < 4.78 is 0. The maximum atomic E-state index is 5.66. The van der Waals surface area contributed by atoms with E-state index in [1.54, 1.807) is 0 Å². The van der Waals surface area contributed by atoms with E-state index in [1.807, 2.05) is 11.8 Å². The molecule has 0 heterocycles. The molecule has 2 atom stereocenters.